The molecule has 0 heterocycles. The minimum absolute atomic E-state index is 0.847. The Hall–Kier alpha value is -0.423. The molecule has 17 heavy (non-hydrogen) atoms. The van der Waals surface area contributed by atoms with Gasteiger partial charge >= 0.3 is 0 Å². The van der Waals surface area contributed by atoms with E-state index in [0.717, 1.165) is 12.3 Å². The molecular formula is C15H28OSi. The Balaban J connectivity index is 2.20. The molecule has 1 aliphatic rings. The maximum atomic E-state index is 5.80. The molecule has 0 spiro atoms. The smallest absolute Gasteiger partial charge is 0.258 e. The van der Waals surface area contributed by atoms with Crippen molar-refractivity contribution in [2.45, 2.75) is 77.4 Å². The minimum atomic E-state index is -1.48. The predicted molar refractivity (Wildman–Crippen MR) is 77.3 cm³/mol. The molecule has 0 bridgehead atoms. The molecule has 0 radical (unpaired) electrons. The lowest BCUT2D eigenvalue weighted by Crippen LogP contribution is -2.27. The lowest BCUT2D eigenvalue weighted by atomic mass is 9.87. The van der Waals surface area contributed by atoms with E-state index in [0.29, 0.717) is 0 Å². The van der Waals surface area contributed by atoms with Crippen molar-refractivity contribution < 1.29 is 4.43 Å². The lowest BCUT2D eigenvalue weighted by Gasteiger charge is -2.20. The first kappa shape index (κ1) is 14.6. The molecule has 0 aromatic rings. The summed E-state index contributed by atoms with van der Waals surface area (Å²) in [6.07, 6.45) is 13.6. The Kier molecular flexibility index (Phi) is 6.73. The van der Waals surface area contributed by atoms with E-state index in [2.05, 4.69) is 32.0 Å². The molecule has 1 aliphatic carbocycles. The largest absolute Gasteiger partial charge is 0.501 e. The molecule has 1 fully saturated rings. The molecule has 2 heteroatoms. The van der Waals surface area contributed by atoms with E-state index < -0.39 is 8.32 Å². The Morgan fingerprint density at radius 1 is 1.18 bits per heavy atom. The summed E-state index contributed by atoms with van der Waals surface area (Å²) in [5.74, 6) is 4.10. The summed E-state index contributed by atoms with van der Waals surface area (Å²) in [6.45, 7) is 6.79. The van der Waals surface area contributed by atoms with E-state index in [9.17, 15) is 0 Å². The van der Waals surface area contributed by atoms with Crippen LogP contribution in [0.1, 0.15) is 58.3 Å². The molecule has 0 N–H and O–H groups in total. The molecule has 98 valence electrons. The molecule has 1 saturated carbocycles. The van der Waals surface area contributed by atoms with Crippen molar-refractivity contribution in [2.24, 2.45) is 5.92 Å². The third-order valence-electron chi connectivity index (χ3n) is 3.65. The zero-order valence-electron chi connectivity index (χ0n) is 11.8. The van der Waals surface area contributed by atoms with Crippen LogP contribution in [-0.4, -0.2) is 8.32 Å². The predicted octanol–water partition coefficient (Wildman–Crippen LogP) is 4.94. The van der Waals surface area contributed by atoms with E-state index in [1.54, 1.807) is 0 Å². The Morgan fingerprint density at radius 3 is 2.53 bits per heavy atom. The second-order valence-corrected chi connectivity index (χ2v) is 10.2. The van der Waals surface area contributed by atoms with Crippen LogP contribution >= 0.6 is 0 Å². The lowest BCUT2D eigenvalue weighted by molar-refractivity contribution is 0.364. The Morgan fingerprint density at radius 2 is 1.88 bits per heavy atom. The highest BCUT2D eigenvalue weighted by molar-refractivity contribution is 6.71. The third-order valence-corrected chi connectivity index (χ3v) is 5.86. The summed E-state index contributed by atoms with van der Waals surface area (Å²) < 4.78 is 5.80. The van der Waals surface area contributed by atoms with Gasteiger partial charge in [-0.2, -0.15) is 0 Å². The summed E-state index contributed by atoms with van der Waals surface area (Å²) in [7, 11) is -1.48. The second-order valence-electron chi connectivity index (χ2n) is 5.95. The van der Waals surface area contributed by atoms with Crippen molar-refractivity contribution in [1.29, 1.82) is 0 Å². The van der Waals surface area contributed by atoms with Crippen LogP contribution in [-0.2, 0) is 4.43 Å². The molecule has 1 nitrogen and oxygen atoms in total. The molecule has 0 aromatic heterocycles. The van der Waals surface area contributed by atoms with Crippen molar-refractivity contribution in [1.82, 2.24) is 0 Å². The fourth-order valence-corrected chi connectivity index (χ4v) is 4.06. The fourth-order valence-electron chi connectivity index (χ4n) is 2.41. The molecule has 0 unspecified atom stereocenters. The SMILES string of the molecule is CCCC[Si](C)(C)OC#CCC1CCCCC1. The first-order valence-corrected chi connectivity index (χ1v) is 10.4. The van der Waals surface area contributed by atoms with Crippen LogP contribution in [0.15, 0.2) is 0 Å². The van der Waals surface area contributed by atoms with Gasteiger partial charge < -0.3 is 4.43 Å². The zero-order chi connectivity index (χ0) is 12.6. The van der Waals surface area contributed by atoms with Gasteiger partial charge in [0.1, 0.15) is 0 Å². The summed E-state index contributed by atoms with van der Waals surface area (Å²) in [6, 6.07) is 1.24. The topological polar surface area (TPSA) is 9.23 Å². The number of unbranched alkanes of at least 4 members (excludes halogenated alkanes) is 1. The quantitative estimate of drug-likeness (QED) is 0.497. The van der Waals surface area contributed by atoms with Crippen LogP contribution in [0.5, 0.6) is 0 Å². The highest BCUT2D eigenvalue weighted by atomic mass is 28.4. The monoisotopic (exact) mass is 252 g/mol. The third kappa shape index (κ3) is 6.78. The Bertz CT molecular complexity index is 256. The highest BCUT2D eigenvalue weighted by Crippen LogP contribution is 2.25. The minimum Gasteiger partial charge on any atom is -0.501 e. The van der Waals surface area contributed by atoms with Crippen LogP contribution in [0.25, 0.3) is 0 Å². The van der Waals surface area contributed by atoms with Gasteiger partial charge in [-0.3, -0.25) is 0 Å². The molecular weight excluding hydrogens is 224 g/mol. The second kappa shape index (κ2) is 7.82. The summed E-state index contributed by atoms with van der Waals surface area (Å²) in [5, 5.41) is 0. The van der Waals surface area contributed by atoms with E-state index in [4.69, 9.17) is 4.43 Å². The fraction of sp³-hybridized carbons (Fsp3) is 0.867. The van der Waals surface area contributed by atoms with Crippen LogP contribution in [0.3, 0.4) is 0 Å². The van der Waals surface area contributed by atoms with Crippen LogP contribution in [0.2, 0.25) is 19.1 Å². The van der Waals surface area contributed by atoms with E-state index in [-0.39, 0.29) is 0 Å². The number of hydrogen-bond acceptors (Lipinski definition) is 1. The van der Waals surface area contributed by atoms with Gasteiger partial charge in [0.2, 0.25) is 0 Å². The van der Waals surface area contributed by atoms with E-state index in [1.165, 1.54) is 51.0 Å². The van der Waals surface area contributed by atoms with Crippen molar-refractivity contribution >= 4 is 8.32 Å². The van der Waals surface area contributed by atoms with Gasteiger partial charge in [0.05, 0.1) is 6.11 Å². The van der Waals surface area contributed by atoms with Gasteiger partial charge in [0.15, 0.2) is 0 Å². The first-order chi connectivity index (χ1) is 8.14. The zero-order valence-corrected chi connectivity index (χ0v) is 12.8. The summed E-state index contributed by atoms with van der Waals surface area (Å²) in [5.41, 5.74) is 0. The van der Waals surface area contributed by atoms with Gasteiger partial charge in [-0.25, -0.2) is 0 Å². The average Bonchev–Trinajstić information content (AvgIpc) is 2.34. The normalized spacial score (nSPS) is 17.4. The Labute approximate surface area is 108 Å². The maximum absolute atomic E-state index is 5.80. The van der Waals surface area contributed by atoms with Crippen molar-refractivity contribution in [3.8, 4) is 12.0 Å². The summed E-state index contributed by atoms with van der Waals surface area (Å²) >= 11 is 0. The van der Waals surface area contributed by atoms with Gasteiger partial charge in [0.25, 0.3) is 8.32 Å². The van der Waals surface area contributed by atoms with E-state index in [1.807, 2.05) is 0 Å². The van der Waals surface area contributed by atoms with Crippen LogP contribution in [0, 0.1) is 17.9 Å². The molecule has 0 atom stereocenters. The summed E-state index contributed by atoms with van der Waals surface area (Å²) in [4.78, 5) is 0. The molecule has 0 amide bonds. The molecule has 0 aliphatic heterocycles. The van der Waals surface area contributed by atoms with E-state index >= 15 is 0 Å². The molecule has 1 rings (SSSR count). The van der Waals surface area contributed by atoms with Gasteiger partial charge in [0, 0.05) is 6.42 Å². The number of rotatable bonds is 5. The van der Waals surface area contributed by atoms with Gasteiger partial charge in [-0.1, -0.05) is 44.9 Å². The maximum Gasteiger partial charge on any atom is 0.258 e. The molecule has 0 saturated heterocycles. The van der Waals surface area contributed by atoms with Crippen molar-refractivity contribution in [2.75, 3.05) is 0 Å². The highest BCUT2D eigenvalue weighted by Gasteiger charge is 2.22. The van der Waals surface area contributed by atoms with Crippen LogP contribution in [0.4, 0.5) is 0 Å². The first-order valence-electron chi connectivity index (χ1n) is 7.30. The number of hydrogen-bond donors (Lipinski definition) is 0. The molecule has 0 aromatic carbocycles. The van der Waals surface area contributed by atoms with Gasteiger partial charge in [-0.05, 0) is 37.9 Å². The average molecular weight is 252 g/mol. The van der Waals surface area contributed by atoms with Crippen molar-refractivity contribution in [3.63, 3.8) is 0 Å². The van der Waals surface area contributed by atoms with Gasteiger partial charge in [-0.15, -0.1) is 0 Å². The standard InChI is InChI=1S/C15H28OSi/c1-4-5-14-17(2,3)16-13-9-12-15-10-7-6-8-11-15/h15H,4-8,10-12,14H2,1-3H3. The van der Waals surface area contributed by atoms with Crippen LogP contribution < -0.4 is 0 Å². The van der Waals surface area contributed by atoms with Crippen molar-refractivity contribution in [3.05, 3.63) is 0 Å².